The lowest BCUT2D eigenvalue weighted by Crippen LogP contribution is -2.23. The number of aromatic amines is 1. The number of rotatable bonds is 3. The summed E-state index contributed by atoms with van der Waals surface area (Å²) in [6.07, 6.45) is 7.83. The molecule has 0 saturated heterocycles. The third-order valence-corrected chi connectivity index (χ3v) is 4.33. The summed E-state index contributed by atoms with van der Waals surface area (Å²) in [5.41, 5.74) is 6.31. The molecule has 0 atom stereocenters. The first-order valence-corrected chi connectivity index (χ1v) is 8.01. The normalized spacial score (nSPS) is 11.0. The number of aromatic nitrogens is 3. The predicted molar refractivity (Wildman–Crippen MR) is 95.3 cm³/mol. The summed E-state index contributed by atoms with van der Waals surface area (Å²) in [6, 6.07) is 14.2. The van der Waals surface area contributed by atoms with Crippen molar-refractivity contribution in [3.05, 3.63) is 78.0 Å². The molecule has 4 aromatic rings. The number of nitrogens with one attached hydrogen (secondary N) is 1. The molecule has 0 fully saturated rings. The molecule has 0 aliphatic heterocycles. The Balaban J connectivity index is 1.91. The molecule has 4 nitrogen and oxygen atoms in total. The zero-order valence-corrected chi connectivity index (χ0v) is 13.4. The maximum absolute atomic E-state index is 11.5. The lowest BCUT2D eigenvalue weighted by atomic mass is 9.97. The minimum absolute atomic E-state index is 0.809. The number of hydrogen-bond donors (Lipinski definition) is 1. The molecule has 4 heteroatoms. The van der Waals surface area contributed by atoms with Gasteiger partial charge < -0.3 is 10.2 Å². The zero-order chi connectivity index (χ0) is 16.5. The Morgan fingerprint density at radius 3 is 2.79 bits per heavy atom. The second-order valence-corrected chi connectivity index (χ2v) is 5.79. The van der Waals surface area contributed by atoms with E-state index in [0.29, 0.717) is 0 Å². The number of nitrogens with zero attached hydrogens (tertiary/aromatic N) is 2. The summed E-state index contributed by atoms with van der Waals surface area (Å²) < 4.78 is 0.809. The zero-order valence-electron chi connectivity index (χ0n) is 13.4. The molecular formula is C20H17N3O. The third kappa shape index (κ3) is 2.42. The van der Waals surface area contributed by atoms with Crippen LogP contribution in [-0.2, 0) is 6.42 Å². The van der Waals surface area contributed by atoms with Crippen LogP contribution in [0.2, 0.25) is 0 Å². The van der Waals surface area contributed by atoms with Crippen LogP contribution in [0.1, 0.15) is 12.5 Å². The number of aryl methyl sites for hydroxylation is 1. The highest BCUT2D eigenvalue weighted by Gasteiger charge is 2.12. The molecule has 118 valence electrons. The van der Waals surface area contributed by atoms with Crippen molar-refractivity contribution < 1.29 is 4.73 Å². The fraction of sp³-hybridized carbons (Fsp3) is 0.100. The highest BCUT2D eigenvalue weighted by Crippen LogP contribution is 2.32. The van der Waals surface area contributed by atoms with E-state index >= 15 is 0 Å². The Morgan fingerprint density at radius 1 is 1.08 bits per heavy atom. The fourth-order valence-corrected chi connectivity index (χ4v) is 3.10. The van der Waals surface area contributed by atoms with Gasteiger partial charge in [-0.15, -0.1) is 0 Å². The second kappa shape index (κ2) is 5.81. The molecule has 0 saturated carbocycles. The van der Waals surface area contributed by atoms with Crippen molar-refractivity contribution in [2.75, 3.05) is 0 Å². The summed E-state index contributed by atoms with van der Waals surface area (Å²) in [5.74, 6) is 0. The van der Waals surface area contributed by atoms with Crippen molar-refractivity contribution in [1.82, 2.24) is 9.97 Å². The molecule has 3 aromatic heterocycles. The van der Waals surface area contributed by atoms with Crippen LogP contribution in [0.5, 0.6) is 0 Å². The third-order valence-electron chi connectivity index (χ3n) is 4.33. The summed E-state index contributed by atoms with van der Waals surface area (Å²) in [4.78, 5) is 7.77. The first-order valence-electron chi connectivity index (χ1n) is 8.01. The number of hydrogen-bond acceptors (Lipinski definition) is 2. The lowest BCUT2D eigenvalue weighted by molar-refractivity contribution is -0.604. The molecule has 0 bridgehead atoms. The number of fused-ring (bicyclic) bond motifs is 1. The molecule has 0 unspecified atom stereocenters. The van der Waals surface area contributed by atoms with E-state index in [1.54, 1.807) is 18.5 Å². The van der Waals surface area contributed by atoms with Crippen LogP contribution < -0.4 is 4.73 Å². The van der Waals surface area contributed by atoms with Crippen molar-refractivity contribution in [3.8, 4) is 22.3 Å². The Kier molecular flexibility index (Phi) is 3.50. The van der Waals surface area contributed by atoms with Crippen LogP contribution in [0, 0.1) is 5.21 Å². The maximum Gasteiger partial charge on any atom is 0.188 e. The van der Waals surface area contributed by atoms with Gasteiger partial charge >= 0.3 is 0 Å². The van der Waals surface area contributed by atoms with E-state index in [2.05, 4.69) is 47.2 Å². The lowest BCUT2D eigenvalue weighted by Gasteiger charge is -2.07. The van der Waals surface area contributed by atoms with Gasteiger partial charge in [0.1, 0.15) is 5.65 Å². The molecule has 0 aliphatic rings. The van der Waals surface area contributed by atoms with Crippen molar-refractivity contribution in [3.63, 3.8) is 0 Å². The van der Waals surface area contributed by atoms with Gasteiger partial charge in [0.05, 0.1) is 0 Å². The number of benzene rings is 1. The summed E-state index contributed by atoms with van der Waals surface area (Å²) in [7, 11) is 0. The van der Waals surface area contributed by atoms with Crippen LogP contribution in [0.4, 0.5) is 0 Å². The van der Waals surface area contributed by atoms with Crippen molar-refractivity contribution in [2.24, 2.45) is 0 Å². The maximum atomic E-state index is 11.5. The van der Waals surface area contributed by atoms with E-state index < -0.39 is 0 Å². The Hall–Kier alpha value is -3.14. The number of pyridine rings is 2. The van der Waals surface area contributed by atoms with Gasteiger partial charge in [-0.05, 0) is 29.7 Å². The van der Waals surface area contributed by atoms with Gasteiger partial charge in [-0.1, -0.05) is 31.2 Å². The summed E-state index contributed by atoms with van der Waals surface area (Å²) in [5, 5.41) is 12.6. The SMILES string of the molecule is CCc1ccccc1-c1c[nH]c2ncc(-c3ccc[n+]([O-])c3)cc12. The van der Waals surface area contributed by atoms with Gasteiger partial charge in [0, 0.05) is 40.5 Å². The summed E-state index contributed by atoms with van der Waals surface area (Å²) >= 11 is 0. The van der Waals surface area contributed by atoms with Crippen molar-refractivity contribution in [2.45, 2.75) is 13.3 Å². The van der Waals surface area contributed by atoms with E-state index in [0.717, 1.165) is 38.9 Å². The standard InChI is InChI=1S/C20H17N3O/c1-2-14-6-3-4-8-17(14)19-12-22-20-18(19)10-16(11-21-20)15-7-5-9-23(24)13-15/h3-13H,2H2,1H3,(H,21,22). The summed E-state index contributed by atoms with van der Waals surface area (Å²) in [6.45, 7) is 2.16. The van der Waals surface area contributed by atoms with E-state index in [9.17, 15) is 5.21 Å². The molecule has 1 N–H and O–H groups in total. The molecule has 4 rings (SSSR count). The van der Waals surface area contributed by atoms with Gasteiger partial charge in [-0.2, -0.15) is 4.73 Å². The van der Waals surface area contributed by atoms with E-state index in [1.165, 1.54) is 17.3 Å². The minimum atomic E-state index is 0.809. The highest BCUT2D eigenvalue weighted by atomic mass is 16.5. The average molecular weight is 315 g/mol. The highest BCUT2D eigenvalue weighted by molar-refractivity contribution is 5.96. The molecule has 24 heavy (non-hydrogen) atoms. The molecule has 1 aromatic carbocycles. The van der Waals surface area contributed by atoms with Gasteiger partial charge in [0.25, 0.3) is 0 Å². The molecular weight excluding hydrogens is 298 g/mol. The fourth-order valence-electron chi connectivity index (χ4n) is 3.10. The Morgan fingerprint density at radius 2 is 1.96 bits per heavy atom. The topological polar surface area (TPSA) is 55.6 Å². The van der Waals surface area contributed by atoms with Crippen LogP contribution in [0.25, 0.3) is 33.3 Å². The molecule has 0 spiro atoms. The monoisotopic (exact) mass is 315 g/mol. The van der Waals surface area contributed by atoms with Gasteiger partial charge in [0.15, 0.2) is 12.4 Å². The van der Waals surface area contributed by atoms with E-state index in [4.69, 9.17) is 0 Å². The molecule has 0 amide bonds. The Labute approximate surface area is 140 Å². The van der Waals surface area contributed by atoms with E-state index in [-0.39, 0.29) is 0 Å². The number of H-pyrrole nitrogens is 1. The minimum Gasteiger partial charge on any atom is -0.619 e. The smallest absolute Gasteiger partial charge is 0.188 e. The second-order valence-electron chi connectivity index (χ2n) is 5.79. The van der Waals surface area contributed by atoms with Crippen LogP contribution >= 0.6 is 0 Å². The van der Waals surface area contributed by atoms with Crippen molar-refractivity contribution in [1.29, 1.82) is 0 Å². The molecule has 0 radical (unpaired) electrons. The molecule has 3 heterocycles. The Bertz CT molecular complexity index is 1020. The van der Waals surface area contributed by atoms with E-state index in [1.807, 2.05) is 12.3 Å². The van der Waals surface area contributed by atoms with Crippen LogP contribution in [0.15, 0.2) is 67.3 Å². The van der Waals surface area contributed by atoms with Gasteiger partial charge in [-0.25, -0.2) is 4.98 Å². The van der Waals surface area contributed by atoms with Gasteiger partial charge in [0.2, 0.25) is 0 Å². The van der Waals surface area contributed by atoms with Gasteiger partial charge in [-0.3, -0.25) is 0 Å². The van der Waals surface area contributed by atoms with Crippen molar-refractivity contribution >= 4 is 11.0 Å². The largest absolute Gasteiger partial charge is 0.619 e. The van der Waals surface area contributed by atoms with Crippen LogP contribution in [-0.4, -0.2) is 9.97 Å². The quantitative estimate of drug-likeness (QED) is 0.457. The first kappa shape index (κ1) is 14.5. The average Bonchev–Trinajstić information content (AvgIpc) is 3.04. The predicted octanol–water partition coefficient (Wildman–Crippen LogP) is 4.09. The molecule has 0 aliphatic carbocycles. The first-order chi connectivity index (χ1) is 11.8. The van der Waals surface area contributed by atoms with Crippen LogP contribution in [0.3, 0.4) is 0 Å².